The lowest BCUT2D eigenvalue weighted by Crippen LogP contribution is -1.84. The number of aryl methyl sites for hydroxylation is 1. The zero-order chi connectivity index (χ0) is 19.6. The second-order valence-corrected chi connectivity index (χ2v) is 6.46. The zero-order valence-corrected chi connectivity index (χ0v) is 16.6. The summed E-state index contributed by atoms with van der Waals surface area (Å²) in [5, 5.41) is 18.9. The third-order valence-corrected chi connectivity index (χ3v) is 3.96. The molecule has 0 heterocycles. The number of allylic oxidation sites excluding steroid dienone is 10. The molecule has 0 unspecified atom stereocenters. The first-order valence-electron chi connectivity index (χ1n) is 9.99. The summed E-state index contributed by atoms with van der Waals surface area (Å²) in [4.78, 5) is 0. The molecule has 0 radical (unpaired) electrons. The van der Waals surface area contributed by atoms with Gasteiger partial charge >= 0.3 is 0 Å². The zero-order valence-electron chi connectivity index (χ0n) is 16.6. The van der Waals surface area contributed by atoms with Gasteiger partial charge in [-0.05, 0) is 69.1 Å². The van der Waals surface area contributed by atoms with Crippen LogP contribution in [0.2, 0.25) is 0 Å². The molecule has 0 atom stereocenters. The van der Waals surface area contributed by atoms with Gasteiger partial charge in [-0.2, -0.15) is 0 Å². The maximum atomic E-state index is 9.45. The Bertz CT molecular complexity index is 628. The molecule has 0 saturated carbocycles. The van der Waals surface area contributed by atoms with E-state index in [4.69, 9.17) is 0 Å². The quantitative estimate of drug-likeness (QED) is 0.287. The molecule has 0 aliphatic heterocycles. The van der Waals surface area contributed by atoms with E-state index in [-0.39, 0.29) is 11.5 Å². The minimum absolute atomic E-state index is 0.125. The van der Waals surface area contributed by atoms with Gasteiger partial charge in [0.25, 0.3) is 0 Å². The fraction of sp³-hybridized carbons (Fsp3) is 0.360. The van der Waals surface area contributed by atoms with Crippen molar-refractivity contribution in [3.05, 3.63) is 84.5 Å². The van der Waals surface area contributed by atoms with Gasteiger partial charge in [-0.1, -0.05) is 67.7 Å². The molecule has 0 aromatic heterocycles. The summed E-state index contributed by atoms with van der Waals surface area (Å²) >= 11 is 0. The number of phenols is 2. The van der Waals surface area contributed by atoms with Crippen LogP contribution in [0.3, 0.4) is 0 Å². The van der Waals surface area contributed by atoms with Gasteiger partial charge in [0, 0.05) is 6.07 Å². The van der Waals surface area contributed by atoms with Crippen molar-refractivity contribution >= 4 is 0 Å². The molecule has 27 heavy (non-hydrogen) atoms. The van der Waals surface area contributed by atoms with Gasteiger partial charge < -0.3 is 10.2 Å². The van der Waals surface area contributed by atoms with Crippen molar-refractivity contribution in [3.8, 4) is 11.5 Å². The molecule has 1 rings (SSSR count). The minimum atomic E-state index is 0.125. The summed E-state index contributed by atoms with van der Waals surface area (Å²) in [6.07, 6.45) is 30.0. The molecule has 0 aliphatic carbocycles. The minimum Gasteiger partial charge on any atom is -0.508 e. The summed E-state index contributed by atoms with van der Waals surface area (Å²) in [6, 6.07) is 4.77. The van der Waals surface area contributed by atoms with E-state index in [9.17, 15) is 10.2 Å². The number of phenolic OH excluding ortho intramolecular Hbond substituents is 2. The van der Waals surface area contributed by atoms with E-state index in [0.717, 1.165) is 56.9 Å². The van der Waals surface area contributed by atoms with Crippen LogP contribution in [0.4, 0.5) is 0 Å². The molecule has 1 aromatic rings. The molecule has 0 amide bonds. The highest BCUT2D eigenvalue weighted by atomic mass is 16.3. The highest BCUT2D eigenvalue weighted by molar-refractivity contribution is 5.36. The summed E-state index contributed by atoms with van der Waals surface area (Å²) in [7, 11) is 0. The van der Waals surface area contributed by atoms with E-state index in [1.807, 2.05) is 0 Å². The van der Waals surface area contributed by atoms with Crippen LogP contribution < -0.4 is 0 Å². The maximum Gasteiger partial charge on any atom is 0.119 e. The van der Waals surface area contributed by atoms with Gasteiger partial charge in [0.05, 0.1) is 0 Å². The molecule has 2 heteroatoms. The smallest absolute Gasteiger partial charge is 0.119 e. The Labute approximate surface area is 165 Å². The van der Waals surface area contributed by atoms with Crippen molar-refractivity contribution in [1.82, 2.24) is 0 Å². The van der Waals surface area contributed by atoms with Crippen molar-refractivity contribution in [2.45, 2.75) is 58.3 Å². The van der Waals surface area contributed by atoms with Crippen LogP contribution in [0.5, 0.6) is 11.5 Å². The lowest BCUT2D eigenvalue weighted by molar-refractivity contribution is 0.449. The van der Waals surface area contributed by atoms with E-state index in [2.05, 4.69) is 67.7 Å². The molecule has 1 aromatic carbocycles. The van der Waals surface area contributed by atoms with Gasteiger partial charge in [0.1, 0.15) is 11.5 Å². The average Bonchev–Trinajstić information content (AvgIpc) is 2.63. The Morgan fingerprint density at radius 2 is 1.07 bits per heavy atom. The van der Waals surface area contributed by atoms with E-state index in [0.29, 0.717) is 0 Å². The molecule has 0 saturated heterocycles. The van der Waals surface area contributed by atoms with Crippen molar-refractivity contribution in [2.24, 2.45) is 0 Å². The van der Waals surface area contributed by atoms with Crippen LogP contribution in [0.1, 0.15) is 57.4 Å². The molecule has 2 nitrogen and oxygen atoms in total. The standard InChI is InChI=1S/C25H34O2/c1-2-3-4-5-6-7-8-9-10-11-12-13-14-15-16-17-18-19-23-20-24(26)22-25(27)21-23/h3-4,6-7,9-10,12-13,15-16,20-22,26-27H,2,5,8,11,14,17-19H2,1H3/b4-3-,7-6-,10-9-,13-12-,16-15-. The third kappa shape index (κ3) is 13.4. The highest BCUT2D eigenvalue weighted by Gasteiger charge is 1.98. The average molecular weight is 367 g/mol. The Kier molecular flexibility index (Phi) is 13.2. The molecule has 2 N–H and O–H groups in total. The first kappa shape index (κ1) is 22.6. The van der Waals surface area contributed by atoms with Crippen LogP contribution in [0.15, 0.2) is 79.0 Å². The fourth-order valence-electron chi connectivity index (χ4n) is 2.59. The van der Waals surface area contributed by atoms with Crippen molar-refractivity contribution in [1.29, 1.82) is 0 Å². The Morgan fingerprint density at radius 3 is 1.56 bits per heavy atom. The van der Waals surface area contributed by atoms with Crippen molar-refractivity contribution < 1.29 is 10.2 Å². The predicted molar refractivity (Wildman–Crippen MR) is 117 cm³/mol. The molecule has 0 bridgehead atoms. The SMILES string of the molecule is CC/C=C\C/C=C\C/C=C\C/C=C\C/C=C\CCCc1cc(O)cc(O)c1. The molecule has 0 fully saturated rings. The van der Waals surface area contributed by atoms with Crippen molar-refractivity contribution in [2.75, 3.05) is 0 Å². The largest absolute Gasteiger partial charge is 0.508 e. The maximum absolute atomic E-state index is 9.45. The summed E-state index contributed by atoms with van der Waals surface area (Å²) in [5.41, 5.74) is 0.972. The molecule has 146 valence electrons. The molecule has 0 spiro atoms. The number of benzene rings is 1. The Morgan fingerprint density at radius 1 is 0.630 bits per heavy atom. The van der Waals surface area contributed by atoms with Crippen LogP contribution in [0.25, 0.3) is 0 Å². The lowest BCUT2D eigenvalue weighted by atomic mass is 10.1. The second kappa shape index (κ2) is 15.7. The van der Waals surface area contributed by atoms with Crippen molar-refractivity contribution in [3.63, 3.8) is 0 Å². The Balaban J connectivity index is 2.03. The third-order valence-electron chi connectivity index (χ3n) is 3.96. The van der Waals surface area contributed by atoms with Gasteiger partial charge in [0.15, 0.2) is 0 Å². The van der Waals surface area contributed by atoms with Gasteiger partial charge in [-0.25, -0.2) is 0 Å². The van der Waals surface area contributed by atoms with E-state index >= 15 is 0 Å². The van der Waals surface area contributed by atoms with E-state index < -0.39 is 0 Å². The first-order valence-corrected chi connectivity index (χ1v) is 9.99. The molecular weight excluding hydrogens is 332 g/mol. The van der Waals surface area contributed by atoms with Gasteiger partial charge in [0.2, 0.25) is 0 Å². The number of aromatic hydroxyl groups is 2. The monoisotopic (exact) mass is 366 g/mol. The molecule has 0 aliphatic rings. The number of hydrogen-bond donors (Lipinski definition) is 2. The summed E-state index contributed by atoms with van der Waals surface area (Å²) < 4.78 is 0. The number of hydrogen-bond acceptors (Lipinski definition) is 2. The van der Waals surface area contributed by atoms with Gasteiger partial charge in [-0.3, -0.25) is 0 Å². The second-order valence-electron chi connectivity index (χ2n) is 6.46. The van der Waals surface area contributed by atoms with E-state index in [1.54, 1.807) is 12.1 Å². The van der Waals surface area contributed by atoms with Crippen LogP contribution in [-0.4, -0.2) is 10.2 Å². The first-order chi connectivity index (χ1) is 13.2. The topological polar surface area (TPSA) is 40.5 Å². The molecular formula is C25H34O2. The number of rotatable bonds is 13. The normalized spacial score (nSPS) is 12.6. The van der Waals surface area contributed by atoms with Crippen LogP contribution >= 0.6 is 0 Å². The number of unbranched alkanes of at least 4 members (excludes halogenated alkanes) is 1. The highest BCUT2D eigenvalue weighted by Crippen LogP contribution is 2.21. The summed E-state index contributed by atoms with van der Waals surface area (Å²) in [5.74, 6) is 0.250. The van der Waals surface area contributed by atoms with Crippen LogP contribution in [0, 0.1) is 0 Å². The van der Waals surface area contributed by atoms with Gasteiger partial charge in [-0.15, -0.1) is 0 Å². The Hall–Kier alpha value is -2.48. The fourth-order valence-corrected chi connectivity index (χ4v) is 2.59. The lowest BCUT2D eigenvalue weighted by Gasteiger charge is -2.02. The summed E-state index contributed by atoms with van der Waals surface area (Å²) in [6.45, 7) is 2.15. The predicted octanol–water partition coefficient (Wildman–Crippen LogP) is 7.17. The van der Waals surface area contributed by atoms with Crippen LogP contribution in [-0.2, 0) is 6.42 Å². The van der Waals surface area contributed by atoms with E-state index in [1.165, 1.54) is 6.07 Å².